The van der Waals surface area contributed by atoms with E-state index < -0.39 is 6.29 Å². The van der Waals surface area contributed by atoms with E-state index in [0.29, 0.717) is 0 Å². The molecule has 2 N–H and O–H groups in total. The largest absolute Gasteiger partial charge is 0.493 e. The van der Waals surface area contributed by atoms with Crippen LogP contribution in [0.5, 0.6) is 5.75 Å². The number of rotatable bonds is 5. The molecule has 1 fully saturated rings. The van der Waals surface area contributed by atoms with Crippen LogP contribution in [0.25, 0.3) is 0 Å². The van der Waals surface area contributed by atoms with Gasteiger partial charge in [0.15, 0.2) is 0 Å². The summed E-state index contributed by atoms with van der Waals surface area (Å²) >= 11 is 5.88. The van der Waals surface area contributed by atoms with Gasteiger partial charge in [0.1, 0.15) is 12.0 Å². The van der Waals surface area contributed by atoms with E-state index in [0.717, 1.165) is 29.7 Å². The quantitative estimate of drug-likeness (QED) is 0.487. The van der Waals surface area contributed by atoms with Crippen molar-refractivity contribution in [1.29, 1.82) is 0 Å². The number of aliphatic hydroxyl groups is 2. The molecule has 1 saturated carbocycles. The molecule has 1 aliphatic rings. The van der Waals surface area contributed by atoms with Crippen LogP contribution in [-0.4, -0.2) is 23.1 Å². The first-order valence-corrected chi connectivity index (χ1v) is 7.87. The molecule has 0 heterocycles. The summed E-state index contributed by atoms with van der Waals surface area (Å²) in [6.45, 7) is 2.00. The standard InChI is InChI=1S/C15H19ClO.C2H6O2/c16-14-9-5-10-15(12-14)17-11-4-3-8-13-6-1-2-7-13;1-2(3)4/h3,5,8-10,12-13H,1-2,4,6-7,11H2;2-4H,1H3/b8-3+;. The molecule has 0 spiro atoms. The van der Waals surface area contributed by atoms with Crippen LogP contribution < -0.4 is 4.74 Å². The molecule has 0 saturated heterocycles. The zero-order valence-electron chi connectivity index (χ0n) is 12.5. The maximum Gasteiger partial charge on any atom is 0.148 e. The molecule has 0 amide bonds. The van der Waals surface area contributed by atoms with Crippen molar-refractivity contribution in [2.24, 2.45) is 5.92 Å². The Hall–Kier alpha value is -1.03. The second-order valence-corrected chi connectivity index (χ2v) is 5.64. The van der Waals surface area contributed by atoms with Crippen molar-refractivity contribution in [3.8, 4) is 5.75 Å². The van der Waals surface area contributed by atoms with E-state index in [1.165, 1.54) is 32.6 Å². The summed E-state index contributed by atoms with van der Waals surface area (Å²) in [5.74, 6) is 1.67. The van der Waals surface area contributed by atoms with Gasteiger partial charge in [-0.05, 0) is 50.3 Å². The second-order valence-electron chi connectivity index (χ2n) is 5.20. The minimum Gasteiger partial charge on any atom is -0.493 e. The fourth-order valence-corrected chi connectivity index (χ4v) is 2.42. The molecule has 0 radical (unpaired) electrons. The molecule has 0 aromatic heterocycles. The maximum absolute atomic E-state index is 7.61. The van der Waals surface area contributed by atoms with Crippen LogP contribution in [0.3, 0.4) is 0 Å². The van der Waals surface area contributed by atoms with E-state index in [2.05, 4.69) is 12.2 Å². The first-order valence-electron chi connectivity index (χ1n) is 7.49. The normalized spacial score (nSPS) is 15.3. The lowest BCUT2D eigenvalue weighted by molar-refractivity contribution is -0.0228. The summed E-state index contributed by atoms with van der Waals surface area (Å²) in [7, 11) is 0. The molecule has 1 aromatic carbocycles. The monoisotopic (exact) mass is 312 g/mol. The summed E-state index contributed by atoms with van der Waals surface area (Å²) in [6, 6.07) is 7.55. The van der Waals surface area contributed by atoms with Crippen molar-refractivity contribution in [3.63, 3.8) is 0 Å². The smallest absolute Gasteiger partial charge is 0.148 e. The van der Waals surface area contributed by atoms with Gasteiger partial charge in [0, 0.05) is 5.02 Å². The fraction of sp³-hybridized carbons (Fsp3) is 0.529. The van der Waals surface area contributed by atoms with Gasteiger partial charge in [0.25, 0.3) is 0 Å². The zero-order valence-corrected chi connectivity index (χ0v) is 13.3. The van der Waals surface area contributed by atoms with Gasteiger partial charge in [-0.3, -0.25) is 0 Å². The van der Waals surface area contributed by atoms with Gasteiger partial charge < -0.3 is 14.9 Å². The molecule has 1 aliphatic carbocycles. The van der Waals surface area contributed by atoms with Gasteiger partial charge in [0.05, 0.1) is 6.61 Å². The van der Waals surface area contributed by atoms with Crippen molar-refractivity contribution in [3.05, 3.63) is 41.4 Å². The van der Waals surface area contributed by atoms with Gasteiger partial charge in [-0.15, -0.1) is 0 Å². The van der Waals surface area contributed by atoms with Gasteiger partial charge in [-0.1, -0.05) is 42.7 Å². The summed E-state index contributed by atoms with van der Waals surface area (Å²) in [5.41, 5.74) is 0. The highest BCUT2D eigenvalue weighted by atomic mass is 35.5. The predicted molar refractivity (Wildman–Crippen MR) is 86.6 cm³/mol. The summed E-state index contributed by atoms with van der Waals surface area (Å²) in [6.07, 6.45) is 9.94. The Kier molecular flexibility index (Phi) is 9.15. The summed E-state index contributed by atoms with van der Waals surface area (Å²) < 4.78 is 5.62. The van der Waals surface area contributed by atoms with Crippen LogP contribution in [0.2, 0.25) is 5.02 Å². The van der Waals surface area contributed by atoms with Crippen molar-refractivity contribution in [2.75, 3.05) is 6.61 Å². The molecule has 1 aromatic rings. The molecule has 0 atom stereocenters. The zero-order chi connectivity index (χ0) is 15.5. The predicted octanol–water partition coefficient (Wildman–Crippen LogP) is 4.17. The topological polar surface area (TPSA) is 49.7 Å². The Bertz CT molecular complexity index is 409. The lowest BCUT2D eigenvalue weighted by Gasteiger charge is -2.05. The lowest BCUT2D eigenvalue weighted by atomic mass is 10.1. The molecule has 21 heavy (non-hydrogen) atoms. The Morgan fingerprint density at radius 3 is 2.62 bits per heavy atom. The number of halogens is 1. The minimum absolute atomic E-state index is 0.726. The van der Waals surface area contributed by atoms with Crippen molar-refractivity contribution >= 4 is 11.6 Å². The van der Waals surface area contributed by atoms with E-state index >= 15 is 0 Å². The number of ether oxygens (including phenoxy) is 1. The van der Waals surface area contributed by atoms with Crippen molar-refractivity contribution in [1.82, 2.24) is 0 Å². The average Bonchev–Trinajstić information content (AvgIpc) is 2.91. The van der Waals surface area contributed by atoms with Crippen LogP contribution in [0.15, 0.2) is 36.4 Å². The second kappa shape index (κ2) is 10.7. The van der Waals surface area contributed by atoms with Crippen LogP contribution in [0, 0.1) is 5.92 Å². The SMILES string of the molecule is CC(O)O.Clc1cccc(OCC/C=C/C2CCCC2)c1. The third kappa shape index (κ3) is 9.51. The molecule has 0 bridgehead atoms. The third-order valence-corrected chi connectivity index (χ3v) is 3.39. The first kappa shape index (κ1) is 18.0. The molecule has 4 heteroatoms. The number of allylic oxidation sites excluding steroid dienone is 1. The highest BCUT2D eigenvalue weighted by molar-refractivity contribution is 6.30. The summed E-state index contributed by atoms with van der Waals surface area (Å²) in [4.78, 5) is 0. The molecule has 118 valence electrons. The fourth-order valence-electron chi connectivity index (χ4n) is 2.24. The average molecular weight is 313 g/mol. The maximum atomic E-state index is 7.61. The van der Waals surface area contributed by atoms with Crippen LogP contribution in [0.4, 0.5) is 0 Å². The Morgan fingerprint density at radius 2 is 2.00 bits per heavy atom. The molecule has 0 aliphatic heterocycles. The minimum atomic E-state index is -1.17. The van der Waals surface area contributed by atoms with Gasteiger partial charge in [-0.25, -0.2) is 0 Å². The summed E-state index contributed by atoms with van der Waals surface area (Å²) in [5, 5.41) is 15.9. The van der Waals surface area contributed by atoms with Crippen molar-refractivity contribution in [2.45, 2.75) is 45.3 Å². The number of benzene rings is 1. The number of hydrogen-bond acceptors (Lipinski definition) is 3. The lowest BCUT2D eigenvalue weighted by Crippen LogP contribution is -1.95. The van der Waals surface area contributed by atoms with Crippen LogP contribution in [-0.2, 0) is 0 Å². The molecule has 0 unspecified atom stereocenters. The molecule has 3 nitrogen and oxygen atoms in total. The van der Waals surface area contributed by atoms with E-state index in [1.54, 1.807) is 0 Å². The highest BCUT2D eigenvalue weighted by Gasteiger charge is 2.10. The van der Waals surface area contributed by atoms with E-state index in [4.69, 9.17) is 26.6 Å². The molecular weight excluding hydrogens is 288 g/mol. The third-order valence-electron chi connectivity index (χ3n) is 3.16. The Morgan fingerprint density at radius 1 is 1.33 bits per heavy atom. The van der Waals surface area contributed by atoms with Crippen LogP contribution in [0.1, 0.15) is 39.0 Å². The Labute approximate surface area is 132 Å². The molecule has 2 rings (SSSR count). The highest BCUT2D eigenvalue weighted by Crippen LogP contribution is 2.25. The van der Waals surface area contributed by atoms with E-state index in [1.807, 2.05) is 24.3 Å². The van der Waals surface area contributed by atoms with E-state index in [-0.39, 0.29) is 0 Å². The number of hydrogen-bond donors (Lipinski definition) is 2. The van der Waals surface area contributed by atoms with Gasteiger partial charge >= 0.3 is 0 Å². The van der Waals surface area contributed by atoms with E-state index in [9.17, 15) is 0 Å². The van der Waals surface area contributed by atoms with Crippen LogP contribution >= 0.6 is 11.6 Å². The van der Waals surface area contributed by atoms with Gasteiger partial charge in [-0.2, -0.15) is 0 Å². The number of aliphatic hydroxyl groups excluding tert-OH is 1. The first-order chi connectivity index (χ1) is 10.1. The van der Waals surface area contributed by atoms with Crippen molar-refractivity contribution < 1.29 is 14.9 Å². The Balaban J connectivity index is 0.000000491. The molecular formula is C17H25ClO3. The van der Waals surface area contributed by atoms with Gasteiger partial charge in [0.2, 0.25) is 0 Å².